The van der Waals surface area contributed by atoms with Gasteiger partial charge in [0.25, 0.3) is 5.91 Å². The maximum Gasteiger partial charge on any atom is 0.254 e. The van der Waals surface area contributed by atoms with Gasteiger partial charge in [-0.25, -0.2) is 4.39 Å². The van der Waals surface area contributed by atoms with E-state index >= 15 is 0 Å². The van der Waals surface area contributed by atoms with Gasteiger partial charge < -0.3 is 14.8 Å². The Kier molecular flexibility index (Phi) is 5.15. The van der Waals surface area contributed by atoms with Crippen molar-refractivity contribution in [3.63, 3.8) is 0 Å². The van der Waals surface area contributed by atoms with Crippen LogP contribution in [0.4, 0.5) is 4.39 Å². The molecule has 0 spiro atoms. The number of methoxy groups -OCH3 is 1. The van der Waals surface area contributed by atoms with Crippen LogP contribution in [0.1, 0.15) is 10.4 Å². The van der Waals surface area contributed by atoms with E-state index in [-0.39, 0.29) is 18.7 Å². The number of ether oxygens (including phenoxy) is 2. The fraction of sp³-hybridized carbons (Fsp3) is 0.188. The number of carbonyl (C=O) groups excluding carboxylic acids is 1. The molecule has 1 amide bonds. The molecule has 0 heterocycles. The predicted octanol–water partition coefficient (Wildman–Crippen LogP) is 2.64. The molecule has 110 valence electrons. The summed E-state index contributed by atoms with van der Waals surface area (Å²) in [5.74, 6) is 0.218. The van der Waals surface area contributed by atoms with Crippen LogP contribution in [0.2, 0.25) is 0 Å². The third kappa shape index (κ3) is 3.95. The van der Waals surface area contributed by atoms with Gasteiger partial charge in [0.15, 0.2) is 11.5 Å². The topological polar surface area (TPSA) is 47.6 Å². The number of para-hydroxylation sites is 2. The Morgan fingerprint density at radius 1 is 1.10 bits per heavy atom. The number of carbonyl (C=O) groups is 1. The van der Waals surface area contributed by atoms with Gasteiger partial charge in [-0.2, -0.15) is 0 Å². The van der Waals surface area contributed by atoms with E-state index in [1.165, 1.54) is 18.2 Å². The fourth-order valence-electron chi connectivity index (χ4n) is 1.80. The number of nitrogens with one attached hydrogen (secondary N) is 1. The van der Waals surface area contributed by atoms with Crippen molar-refractivity contribution >= 4 is 5.91 Å². The summed E-state index contributed by atoms with van der Waals surface area (Å²) in [5, 5.41) is 2.60. The van der Waals surface area contributed by atoms with E-state index in [9.17, 15) is 9.18 Å². The minimum Gasteiger partial charge on any atom is -0.493 e. The molecule has 2 aromatic carbocycles. The molecule has 0 aromatic heterocycles. The van der Waals surface area contributed by atoms with Gasteiger partial charge in [-0.1, -0.05) is 24.3 Å². The Morgan fingerprint density at radius 3 is 2.48 bits per heavy atom. The lowest BCUT2D eigenvalue weighted by molar-refractivity contribution is 0.0943. The first-order valence-corrected chi connectivity index (χ1v) is 6.51. The second-order valence-electron chi connectivity index (χ2n) is 4.24. The Balaban J connectivity index is 1.82. The summed E-state index contributed by atoms with van der Waals surface area (Å²) in [6.07, 6.45) is 0. The molecule has 5 heteroatoms. The highest BCUT2D eigenvalue weighted by Crippen LogP contribution is 2.25. The summed E-state index contributed by atoms with van der Waals surface area (Å²) in [7, 11) is 1.56. The van der Waals surface area contributed by atoms with Crippen molar-refractivity contribution in [2.75, 3.05) is 20.3 Å². The summed E-state index contributed by atoms with van der Waals surface area (Å²) in [4.78, 5) is 11.8. The fourth-order valence-corrected chi connectivity index (χ4v) is 1.80. The van der Waals surface area contributed by atoms with E-state index < -0.39 is 11.7 Å². The lowest BCUT2D eigenvalue weighted by Gasteiger charge is -2.11. The predicted molar refractivity (Wildman–Crippen MR) is 77.2 cm³/mol. The van der Waals surface area contributed by atoms with Crippen LogP contribution in [0.25, 0.3) is 0 Å². The molecule has 0 saturated carbocycles. The van der Waals surface area contributed by atoms with Crippen molar-refractivity contribution in [3.05, 3.63) is 59.9 Å². The van der Waals surface area contributed by atoms with Gasteiger partial charge in [0.2, 0.25) is 0 Å². The summed E-state index contributed by atoms with van der Waals surface area (Å²) >= 11 is 0. The summed E-state index contributed by atoms with van der Waals surface area (Å²) in [5.41, 5.74) is 0.0230. The molecule has 0 radical (unpaired) electrons. The number of benzene rings is 2. The molecule has 1 N–H and O–H groups in total. The first kappa shape index (κ1) is 14.8. The Hall–Kier alpha value is -2.56. The van der Waals surface area contributed by atoms with Crippen LogP contribution in [-0.4, -0.2) is 26.2 Å². The van der Waals surface area contributed by atoms with Gasteiger partial charge in [0.05, 0.1) is 19.2 Å². The summed E-state index contributed by atoms with van der Waals surface area (Å²) in [6.45, 7) is 0.534. The van der Waals surface area contributed by atoms with Crippen LogP contribution in [-0.2, 0) is 0 Å². The highest BCUT2D eigenvalue weighted by atomic mass is 19.1. The normalized spacial score (nSPS) is 10.0. The molecular weight excluding hydrogens is 273 g/mol. The van der Waals surface area contributed by atoms with Crippen LogP contribution >= 0.6 is 0 Å². The Bertz CT molecular complexity index is 616. The van der Waals surface area contributed by atoms with E-state index in [2.05, 4.69) is 5.32 Å². The molecule has 2 aromatic rings. The van der Waals surface area contributed by atoms with Crippen molar-refractivity contribution in [2.24, 2.45) is 0 Å². The molecule has 0 unspecified atom stereocenters. The van der Waals surface area contributed by atoms with E-state index in [1.807, 2.05) is 12.1 Å². The lowest BCUT2D eigenvalue weighted by Crippen LogP contribution is -2.28. The zero-order chi connectivity index (χ0) is 15.1. The molecular formula is C16H16FNO3. The molecule has 2 rings (SSSR count). The molecule has 4 nitrogen and oxygen atoms in total. The van der Waals surface area contributed by atoms with Gasteiger partial charge in [0, 0.05) is 0 Å². The zero-order valence-electron chi connectivity index (χ0n) is 11.6. The lowest BCUT2D eigenvalue weighted by atomic mass is 10.2. The van der Waals surface area contributed by atoms with Gasteiger partial charge in [-0.15, -0.1) is 0 Å². The van der Waals surface area contributed by atoms with Crippen molar-refractivity contribution < 1.29 is 18.7 Å². The summed E-state index contributed by atoms with van der Waals surface area (Å²) in [6, 6.07) is 13.1. The van der Waals surface area contributed by atoms with Crippen LogP contribution in [0.5, 0.6) is 11.5 Å². The van der Waals surface area contributed by atoms with Crippen molar-refractivity contribution in [3.8, 4) is 11.5 Å². The number of hydrogen-bond donors (Lipinski definition) is 1. The van der Waals surface area contributed by atoms with E-state index in [4.69, 9.17) is 9.47 Å². The van der Waals surface area contributed by atoms with E-state index in [0.717, 1.165) is 0 Å². The monoisotopic (exact) mass is 289 g/mol. The number of halogens is 1. The smallest absolute Gasteiger partial charge is 0.254 e. The maximum atomic E-state index is 13.4. The minimum absolute atomic E-state index is 0.0230. The number of hydrogen-bond acceptors (Lipinski definition) is 3. The van der Waals surface area contributed by atoms with Gasteiger partial charge in [0.1, 0.15) is 12.4 Å². The second-order valence-corrected chi connectivity index (χ2v) is 4.24. The first-order valence-electron chi connectivity index (χ1n) is 6.51. The van der Waals surface area contributed by atoms with Gasteiger partial charge >= 0.3 is 0 Å². The van der Waals surface area contributed by atoms with Crippen LogP contribution in [0, 0.1) is 5.82 Å². The summed E-state index contributed by atoms with van der Waals surface area (Å²) < 4.78 is 24.1. The van der Waals surface area contributed by atoms with E-state index in [1.54, 1.807) is 25.3 Å². The highest BCUT2D eigenvalue weighted by molar-refractivity contribution is 5.94. The second kappa shape index (κ2) is 7.28. The average molecular weight is 289 g/mol. The quantitative estimate of drug-likeness (QED) is 0.832. The number of amides is 1. The SMILES string of the molecule is COc1ccccc1OCCNC(=O)c1ccccc1F. The first-order chi connectivity index (χ1) is 10.2. The molecule has 21 heavy (non-hydrogen) atoms. The average Bonchev–Trinajstić information content (AvgIpc) is 2.52. The third-order valence-corrected chi connectivity index (χ3v) is 2.83. The van der Waals surface area contributed by atoms with Crippen molar-refractivity contribution in [2.45, 2.75) is 0 Å². The molecule has 0 atom stereocenters. The Morgan fingerprint density at radius 2 is 1.76 bits per heavy atom. The zero-order valence-corrected chi connectivity index (χ0v) is 11.6. The maximum absolute atomic E-state index is 13.4. The van der Waals surface area contributed by atoms with Crippen LogP contribution in [0.3, 0.4) is 0 Å². The number of rotatable bonds is 6. The molecule has 0 aliphatic rings. The molecule has 0 saturated heterocycles. The standard InChI is InChI=1S/C16H16FNO3/c1-20-14-8-4-5-9-15(14)21-11-10-18-16(19)12-6-2-3-7-13(12)17/h2-9H,10-11H2,1H3,(H,18,19). The van der Waals surface area contributed by atoms with Crippen LogP contribution < -0.4 is 14.8 Å². The van der Waals surface area contributed by atoms with Crippen LogP contribution in [0.15, 0.2) is 48.5 Å². The molecule has 0 fully saturated rings. The third-order valence-electron chi connectivity index (χ3n) is 2.83. The molecule has 0 bridgehead atoms. The van der Waals surface area contributed by atoms with Gasteiger partial charge in [-0.3, -0.25) is 4.79 Å². The largest absolute Gasteiger partial charge is 0.493 e. The van der Waals surface area contributed by atoms with Crippen molar-refractivity contribution in [1.82, 2.24) is 5.32 Å². The van der Waals surface area contributed by atoms with Gasteiger partial charge in [-0.05, 0) is 24.3 Å². The molecule has 0 aliphatic heterocycles. The van der Waals surface area contributed by atoms with Crippen molar-refractivity contribution in [1.29, 1.82) is 0 Å². The Labute approximate surface area is 122 Å². The molecule has 0 aliphatic carbocycles. The highest BCUT2D eigenvalue weighted by Gasteiger charge is 2.10. The minimum atomic E-state index is -0.541. The van der Waals surface area contributed by atoms with E-state index in [0.29, 0.717) is 11.5 Å².